The van der Waals surface area contributed by atoms with Crippen molar-refractivity contribution in [1.82, 2.24) is 19.6 Å². The molecule has 0 aliphatic rings. The van der Waals surface area contributed by atoms with Gasteiger partial charge in [-0.15, -0.1) is 0 Å². The van der Waals surface area contributed by atoms with E-state index in [1.807, 2.05) is 19.9 Å². The van der Waals surface area contributed by atoms with Gasteiger partial charge in [-0.3, -0.25) is 9.78 Å². The monoisotopic (exact) mass is 267 g/mol. The Kier molecular flexibility index (Phi) is 2.90. The maximum absolute atomic E-state index is 12.1. The lowest BCUT2D eigenvalue weighted by Crippen LogP contribution is -2.12. The summed E-state index contributed by atoms with van der Waals surface area (Å²) in [7, 11) is 0. The fraction of sp³-hybridized carbons (Fsp3) is 0.143. The number of rotatable bonds is 2. The molecule has 3 aromatic rings. The minimum atomic E-state index is -0.200. The average Bonchev–Trinajstić information content (AvgIpc) is 2.81. The van der Waals surface area contributed by atoms with Crippen molar-refractivity contribution < 1.29 is 4.79 Å². The number of hydrogen-bond acceptors (Lipinski definition) is 4. The Morgan fingerprint density at radius 2 is 2.20 bits per heavy atom. The molecule has 0 saturated heterocycles. The zero-order valence-corrected chi connectivity index (χ0v) is 11.2. The number of nitrogens with zero attached hydrogens (tertiary/aromatic N) is 4. The molecule has 3 rings (SSSR count). The van der Waals surface area contributed by atoms with E-state index in [-0.39, 0.29) is 5.91 Å². The minimum Gasteiger partial charge on any atom is -0.321 e. The van der Waals surface area contributed by atoms with Crippen LogP contribution in [0.5, 0.6) is 0 Å². The summed E-state index contributed by atoms with van der Waals surface area (Å²) < 4.78 is 1.67. The van der Waals surface area contributed by atoms with Gasteiger partial charge in [-0.1, -0.05) is 0 Å². The molecule has 0 radical (unpaired) electrons. The maximum Gasteiger partial charge on any atom is 0.257 e. The van der Waals surface area contributed by atoms with Crippen LogP contribution in [0, 0.1) is 13.8 Å². The van der Waals surface area contributed by atoms with Gasteiger partial charge in [0.25, 0.3) is 5.91 Å². The third-order valence-electron chi connectivity index (χ3n) is 2.90. The van der Waals surface area contributed by atoms with Crippen LogP contribution in [0.15, 0.2) is 36.8 Å². The van der Waals surface area contributed by atoms with Crippen molar-refractivity contribution in [3.05, 3.63) is 53.7 Å². The van der Waals surface area contributed by atoms with Gasteiger partial charge in [0, 0.05) is 12.4 Å². The van der Waals surface area contributed by atoms with Crippen LogP contribution in [0.1, 0.15) is 21.7 Å². The molecule has 0 aliphatic heterocycles. The highest BCUT2D eigenvalue weighted by Gasteiger charge is 2.09. The van der Waals surface area contributed by atoms with Crippen molar-refractivity contribution in [3.63, 3.8) is 0 Å². The number of nitrogens with one attached hydrogen (secondary N) is 1. The summed E-state index contributed by atoms with van der Waals surface area (Å²) in [5.74, 6) is 0.498. The summed E-state index contributed by atoms with van der Waals surface area (Å²) in [6.07, 6.45) is 4.90. The predicted molar refractivity (Wildman–Crippen MR) is 74.7 cm³/mol. The fourth-order valence-electron chi connectivity index (χ4n) is 2.02. The molecular weight excluding hydrogens is 254 g/mol. The smallest absolute Gasteiger partial charge is 0.257 e. The molecule has 1 amide bonds. The van der Waals surface area contributed by atoms with E-state index in [0.717, 1.165) is 11.2 Å². The van der Waals surface area contributed by atoms with E-state index in [2.05, 4.69) is 20.4 Å². The first kappa shape index (κ1) is 12.3. The van der Waals surface area contributed by atoms with E-state index < -0.39 is 0 Å². The molecule has 0 saturated carbocycles. The predicted octanol–water partition coefficient (Wildman–Crippen LogP) is 1.99. The van der Waals surface area contributed by atoms with E-state index in [1.165, 1.54) is 6.20 Å². The first-order chi connectivity index (χ1) is 9.63. The van der Waals surface area contributed by atoms with Gasteiger partial charge in [0.2, 0.25) is 0 Å². The molecule has 3 heterocycles. The van der Waals surface area contributed by atoms with Gasteiger partial charge in [-0.2, -0.15) is 5.10 Å². The van der Waals surface area contributed by atoms with Gasteiger partial charge in [0.1, 0.15) is 5.82 Å². The second-order valence-corrected chi connectivity index (χ2v) is 4.53. The van der Waals surface area contributed by atoms with Crippen LogP contribution in [-0.4, -0.2) is 25.5 Å². The standard InChI is InChI=1S/C14H13N5O/c1-9-6-12(8-19-13(9)16-10(2)18-19)17-14(20)11-4-3-5-15-7-11/h3-8H,1-2H3,(H,17,20). The van der Waals surface area contributed by atoms with Crippen molar-refractivity contribution in [2.75, 3.05) is 5.32 Å². The zero-order valence-electron chi connectivity index (χ0n) is 11.2. The molecule has 0 bridgehead atoms. The van der Waals surface area contributed by atoms with E-state index >= 15 is 0 Å². The van der Waals surface area contributed by atoms with E-state index in [4.69, 9.17) is 0 Å². The Labute approximate surface area is 115 Å². The zero-order chi connectivity index (χ0) is 14.1. The summed E-state index contributed by atoms with van der Waals surface area (Å²) in [4.78, 5) is 20.3. The van der Waals surface area contributed by atoms with Crippen LogP contribution in [0.2, 0.25) is 0 Å². The first-order valence-electron chi connectivity index (χ1n) is 6.18. The molecule has 20 heavy (non-hydrogen) atoms. The van der Waals surface area contributed by atoms with Gasteiger partial charge in [-0.05, 0) is 37.6 Å². The second kappa shape index (κ2) is 4.73. The summed E-state index contributed by atoms with van der Waals surface area (Å²) >= 11 is 0. The molecule has 100 valence electrons. The lowest BCUT2D eigenvalue weighted by atomic mass is 10.2. The number of amides is 1. The number of anilines is 1. The molecule has 6 nitrogen and oxygen atoms in total. The van der Waals surface area contributed by atoms with Crippen LogP contribution in [0.25, 0.3) is 5.65 Å². The van der Waals surface area contributed by atoms with Crippen molar-refractivity contribution >= 4 is 17.2 Å². The summed E-state index contributed by atoms with van der Waals surface area (Å²) in [5, 5.41) is 7.09. The SMILES string of the molecule is Cc1nc2c(C)cc(NC(=O)c3cccnc3)cn2n1. The van der Waals surface area contributed by atoms with Gasteiger partial charge in [0.05, 0.1) is 17.4 Å². The summed E-state index contributed by atoms with van der Waals surface area (Å²) in [5.41, 5.74) is 2.94. The molecular formula is C14H13N5O. The van der Waals surface area contributed by atoms with Crippen LogP contribution in [0.4, 0.5) is 5.69 Å². The highest BCUT2D eigenvalue weighted by molar-refractivity contribution is 6.04. The third kappa shape index (κ3) is 2.23. The normalized spacial score (nSPS) is 10.7. The summed E-state index contributed by atoms with van der Waals surface area (Å²) in [6, 6.07) is 5.31. The lowest BCUT2D eigenvalue weighted by Gasteiger charge is -2.06. The molecule has 0 atom stereocenters. The van der Waals surface area contributed by atoms with Crippen LogP contribution in [-0.2, 0) is 0 Å². The number of pyridine rings is 2. The number of hydrogen-bond donors (Lipinski definition) is 1. The molecule has 0 spiro atoms. The van der Waals surface area contributed by atoms with Crippen molar-refractivity contribution in [3.8, 4) is 0 Å². The molecule has 0 unspecified atom stereocenters. The Bertz CT molecular complexity index is 779. The molecule has 6 heteroatoms. The third-order valence-corrected chi connectivity index (χ3v) is 2.90. The Morgan fingerprint density at radius 1 is 1.35 bits per heavy atom. The lowest BCUT2D eigenvalue weighted by molar-refractivity contribution is 0.102. The van der Waals surface area contributed by atoms with Crippen LogP contribution >= 0.6 is 0 Å². The Balaban J connectivity index is 1.93. The molecule has 0 fully saturated rings. The Morgan fingerprint density at radius 3 is 2.95 bits per heavy atom. The fourth-order valence-corrected chi connectivity index (χ4v) is 2.02. The number of aromatic nitrogens is 4. The number of carbonyl (C=O) groups is 1. The highest BCUT2D eigenvalue weighted by atomic mass is 16.1. The number of carbonyl (C=O) groups excluding carboxylic acids is 1. The largest absolute Gasteiger partial charge is 0.321 e. The first-order valence-corrected chi connectivity index (χ1v) is 6.18. The van der Waals surface area contributed by atoms with E-state index in [1.54, 1.807) is 29.0 Å². The van der Waals surface area contributed by atoms with E-state index in [0.29, 0.717) is 17.1 Å². The number of aryl methyl sites for hydroxylation is 2. The average molecular weight is 267 g/mol. The van der Waals surface area contributed by atoms with E-state index in [9.17, 15) is 4.79 Å². The number of fused-ring (bicyclic) bond motifs is 1. The van der Waals surface area contributed by atoms with Crippen LogP contribution < -0.4 is 5.32 Å². The topological polar surface area (TPSA) is 72.2 Å². The molecule has 0 aliphatic carbocycles. The Hall–Kier alpha value is -2.76. The molecule has 1 N–H and O–H groups in total. The van der Waals surface area contributed by atoms with Gasteiger partial charge >= 0.3 is 0 Å². The van der Waals surface area contributed by atoms with Gasteiger partial charge < -0.3 is 5.32 Å². The van der Waals surface area contributed by atoms with Crippen LogP contribution in [0.3, 0.4) is 0 Å². The van der Waals surface area contributed by atoms with Crippen molar-refractivity contribution in [2.45, 2.75) is 13.8 Å². The van der Waals surface area contributed by atoms with Crippen molar-refractivity contribution in [2.24, 2.45) is 0 Å². The quantitative estimate of drug-likeness (QED) is 0.770. The maximum atomic E-state index is 12.1. The minimum absolute atomic E-state index is 0.200. The second-order valence-electron chi connectivity index (χ2n) is 4.53. The van der Waals surface area contributed by atoms with Crippen molar-refractivity contribution in [1.29, 1.82) is 0 Å². The van der Waals surface area contributed by atoms with Gasteiger partial charge in [-0.25, -0.2) is 9.50 Å². The molecule has 3 aromatic heterocycles. The van der Waals surface area contributed by atoms with Gasteiger partial charge in [0.15, 0.2) is 5.65 Å². The molecule has 0 aromatic carbocycles. The summed E-state index contributed by atoms with van der Waals surface area (Å²) in [6.45, 7) is 3.77. The highest BCUT2D eigenvalue weighted by Crippen LogP contribution is 2.15.